The Kier molecular flexibility index (Phi) is 5.31. The summed E-state index contributed by atoms with van der Waals surface area (Å²) in [6.45, 7) is 4.71. The summed E-state index contributed by atoms with van der Waals surface area (Å²) in [6, 6.07) is 3.74. The van der Waals surface area contributed by atoms with Crippen molar-refractivity contribution in [3.63, 3.8) is 0 Å². The van der Waals surface area contributed by atoms with Gasteiger partial charge in [0, 0.05) is 25.9 Å². The molecular weight excluding hydrogens is 256 g/mol. The molecule has 1 fully saturated rings. The molecule has 6 nitrogen and oxygen atoms in total. The van der Waals surface area contributed by atoms with Crippen molar-refractivity contribution in [3.8, 4) is 0 Å². The van der Waals surface area contributed by atoms with E-state index in [2.05, 4.69) is 22.4 Å². The summed E-state index contributed by atoms with van der Waals surface area (Å²) in [7, 11) is 0. The summed E-state index contributed by atoms with van der Waals surface area (Å²) in [5, 5.41) is 15.0. The van der Waals surface area contributed by atoms with E-state index in [0.29, 0.717) is 17.7 Å². The Morgan fingerprint density at radius 1 is 1.65 bits per heavy atom. The molecular formula is C14H22N4O2. The second-order valence-electron chi connectivity index (χ2n) is 5.03. The molecule has 0 radical (unpaired) electrons. The minimum atomic E-state index is 0.0297. The summed E-state index contributed by atoms with van der Waals surface area (Å²) in [5.74, 6) is 0.618. The number of nitrogens with zero attached hydrogens (tertiary/aromatic N) is 2. The molecule has 0 spiro atoms. The van der Waals surface area contributed by atoms with Crippen LogP contribution in [0.2, 0.25) is 0 Å². The van der Waals surface area contributed by atoms with Crippen molar-refractivity contribution in [2.24, 2.45) is 16.8 Å². The van der Waals surface area contributed by atoms with Gasteiger partial charge in [-0.15, -0.1) is 0 Å². The van der Waals surface area contributed by atoms with E-state index < -0.39 is 0 Å². The van der Waals surface area contributed by atoms with Crippen molar-refractivity contribution in [2.45, 2.75) is 32.4 Å². The van der Waals surface area contributed by atoms with E-state index in [4.69, 9.17) is 15.7 Å². The molecule has 2 rings (SSSR count). The van der Waals surface area contributed by atoms with E-state index in [9.17, 15) is 0 Å². The third-order valence-corrected chi connectivity index (χ3v) is 3.68. The highest BCUT2D eigenvalue weighted by atomic mass is 16.5. The fraction of sp³-hybridized carbons (Fsp3) is 0.571. The molecule has 110 valence electrons. The Bertz CT molecular complexity index is 464. The molecule has 20 heavy (non-hydrogen) atoms. The summed E-state index contributed by atoms with van der Waals surface area (Å²) in [6.07, 6.45) is 4.23. The lowest BCUT2D eigenvalue weighted by molar-refractivity contribution is 0.0872. The number of hydrogen-bond donors (Lipinski definition) is 3. The van der Waals surface area contributed by atoms with E-state index >= 15 is 0 Å². The number of rotatable bonds is 6. The van der Waals surface area contributed by atoms with Gasteiger partial charge in [0.1, 0.15) is 5.69 Å². The Morgan fingerprint density at radius 2 is 2.50 bits per heavy atom. The first kappa shape index (κ1) is 14.7. The maximum atomic E-state index is 8.65. The Morgan fingerprint density at radius 3 is 3.25 bits per heavy atom. The molecule has 0 amide bonds. The smallest absolute Gasteiger partial charge is 0.188 e. The summed E-state index contributed by atoms with van der Waals surface area (Å²) >= 11 is 0. The van der Waals surface area contributed by atoms with E-state index in [-0.39, 0.29) is 5.84 Å². The van der Waals surface area contributed by atoms with Gasteiger partial charge in [-0.3, -0.25) is 4.98 Å². The average molecular weight is 278 g/mol. The van der Waals surface area contributed by atoms with Gasteiger partial charge in [0.15, 0.2) is 5.84 Å². The third kappa shape index (κ3) is 3.68. The number of oxime groups is 1. The molecule has 1 aromatic rings. The van der Waals surface area contributed by atoms with Crippen molar-refractivity contribution < 1.29 is 9.94 Å². The highest BCUT2D eigenvalue weighted by Gasteiger charge is 2.25. The van der Waals surface area contributed by atoms with Crippen LogP contribution in [0, 0.1) is 5.92 Å². The fourth-order valence-corrected chi connectivity index (χ4v) is 2.55. The van der Waals surface area contributed by atoms with Gasteiger partial charge < -0.3 is 21.0 Å². The first-order valence-corrected chi connectivity index (χ1v) is 6.99. The quantitative estimate of drug-likeness (QED) is 0.313. The van der Waals surface area contributed by atoms with Crippen molar-refractivity contribution in [1.29, 1.82) is 0 Å². The highest BCUT2D eigenvalue weighted by Crippen LogP contribution is 2.22. The van der Waals surface area contributed by atoms with Crippen molar-refractivity contribution >= 4 is 5.84 Å². The van der Waals surface area contributed by atoms with Crippen LogP contribution in [0.15, 0.2) is 23.5 Å². The van der Waals surface area contributed by atoms with Gasteiger partial charge in [-0.2, -0.15) is 0 Å². The summed E-state index contributed by atoms with van der Waals surface area (Å²) < 4.78 is 5.67. The second kappa shape index (κ2) is 7.21. The number of nitrogens with one attached hydrogen (secondary N) is 1. The maximum absolute atomic E-state index is 8.65. The van der Waals surface area contributed by atoms with Crippen molar-refractivity contribution in [1.82, 2.24) is 10.3 Å². The van der Waals surface area contributed by atoms with Crippen molar-refractivity contribution in [2.75, 3.05) is 13.2 Å². The SMILES string of the molecule is CCC1OCCC1CNCc1ccnc(/C(N)=N/O)c1. The molecule has 0 aromatic carbocycles. The Balaban J connectivity index is 1.85. The lowest BCUT2D eigenvalue weighted by atomic mass is 9.99. The summed E-state index contributed by atoms with van der Waals surface area (Å²) in [4.78, 5) is 4.06. The van der Waals surface area contributed by atoms with E-state index in [1.165, 1.54) is 0 Å². The topological polar surface area (TPSA) is 92.8 Å². The summed E-state index contributed by atoms with van der Waals surface area (Å²) in [5.41, 5.74) is 7.08. The molecule has 2 heterocycles. The molecule has 2 atom stereocenters. The van der Waals surface area contributed by atoms with E-state index in [1.807, 2.05) is 12.1 Å². The first-order chi connectivity index (χ1) is 9.74. The fourth-order valence-electron chi connectivity index (χ4n) is 2.55. The normalized spacial score (nSPS) is 23.1. The van der Waals surface area contributed by atoms with Gasteiger partial charge in [0.25, 0.3) is 0 Å². The predicted molar refractivity (Wildman–Crippen MR) is 76.6 cm³/mol. The predicted octanol–water partition coefficient (Wildman–Crippen LogP) is 1.08. The van der Waals surface area contributed by atoms with Gasteiger partial charge in [0.2, 0.25) is 0 Å². The van der Waals surface area contributed by atoms with Crippen molar-refractivity contribution in [3.05, 3.63) is 29.6 Å². The van der Waals surface area contributed by atoms with Gasteiger partial charge >= 0.3 is 0 Å². The minimum Gasteiger partial charge on any atom is -0.409 e. The van der Waals surface area contributed by atoms with Crippen LogP contribution in [-0.4, -0.2) is 35.3 Å². The van der Waals surface area contributed by atoms with Crippen LogP contribution < -0.4 is 11.1 Å². The highest BCUT2D eigenvalue weighted by molar-refractivity contribution is 5.95. The van der Waals surface area contributed by atoms with E-state index in [0.717, 1.165) is 38.1 Å². The van der Waals surface area contributed by atoms with Gasteiger partial charge in [-0.05, 0) is 36.5 Å². The zero-order valence-electron chi connectivity index (χ0n) is 11.7. The first-order valence-electron chi connectivity index (χ1n) is 6.99. The van der Waals surface area contributed by atoms with Crippen LogP contribution >= 0.6 is 0 Å². The molecule has 2 unspecified atom stereocenters. The second-order valence-corrected chi connectivity index (χ2v) is 5.03. The zero-order chi connectivity index (χ0) is 14.4. The molecule has 6 heteroatoms. The van der Waals surface area contributed by atoms with Gasteiger partial charge in [0.05, 0.1) is 6.10 Å². The molecule has 0 aliphatic carbocycles. The van der Waals surface area contributed by atoms with Gasteiger partial charge in [-0.1, -0.05) is 12.1 Å². The number of pyridine rings is 1. The van der Waals surface area contributed by atoms with Crippen LogP contribution in [0.1, 0.15) is 31.0 Å². The molecule has 0 saturated carbocycles. The molecule has 1 saturated heterocycles. The minimum absolute atomic E-state index is 0.0297. The number of hydrogen-bond acceptors (Lipinski definition) is 5. The Labute approximate surface area is 119 Å². The third-order valence-electron chi connectivity index (χ3n) is 3.68. The number of amidine groups is 1. The molecule has 1 aliphatic heterocycles. The molecule has 1 aliphatic rings. The van der Waals surface area contributed by atoms with Crippen LogP contribution in [0.3, 0.4) is 0 Å². The van der Waals surface area contributed by atoms with Crippen LogP contribution in [0.25, 0.3) is 0 Å². The lowest BCUT2D eigenvalue weighted by Crippen LogP contribution is -2.28. The van der Waals surface area contributed by atoms with Crippen LogP contribution in [0.5, 0.6) is 0 Å². The monoisotopic (exact) mass is 278 g/mol. The number of nitrogens with two attached hydrogens (primary N) is 1. The lowest BCUT2D eigenvalue weighted by Gasteiger charge is -2.17. The van der Waals surface area contributed by atoms with E-state index in [1.54, 1.807) is 6.20 Å². The van der Waals surface area contributed by atoms with Crippen LogP contribution in [-0.2, 0) is 11.3 Å². The Hall–Kier alpha value is -1.66. The van der Waals surface area contributed by atoms with Crippen LogP contribution in [0.4, 0.5) is 0 Å². The number of ether oxygens (including phenoxy) is 1. The number of aromatic nitrogens is 1. The molecule has 1 aromatic heterocycles. The zero-order valence-corrected chi connectivity index (χ0v) is 11.7. The van der Waals surface area contributed by atoms with Gasteiger partial charge in [-0.25, -0.2) is 0 Å². The molecule has 0 bridgehead atoms. The molecule has 4 N–H and O–H groups in total. The standard InChI is InChI=1S/C14H22N4O2/c1-2-13-11(4-6-20-13)9-16-8-10-3-5-17-12(7-10)14(15)18-19/h3,5,7,11,13,16,19H,2,4,6,8-9H2,1H3,(H2,15,18). The maximum Gasteiger partial charge on any atom is 0.188 e. The average Bonchev–Trinajstić information content (AvgIpc) is 2.94. The largest absolute Gasteiger partial charge is 0.409 e.